The number of ether oxygens (including phenoxy) is 2. The minimum atomic E-state index is -3.41. The number of unbranched alkanes of at least 4 members (excludes halogenated alkanes) is 1. The molecular weight excluding hydrogens is 844 g/mol. The molecule has 0 N–H and O–H groups in total. The van der Waals surface area contributed by atoms with Gasteiger partial charge in [-0.25, -0.2) is 8.78 Å². The van der Waals surface area contributed by atoms with E-state index in [1.54, 1.807) is 18.3 Å². The zero-order valence-electron chi connectivity index (χ0n) is 35.7. The van der Waals surface area contributed by atoms with Gasteiger partial charge in [0.05, 0.1) is 41.0 Å². The summed E-state index contributed by atoms with van der Waals surface area (Å²) in [5.74, 6) is -0.0946. The minimum Gasteiger partial charge on any atom is -0.494 e. The summed E-state index contributed by atoms with van der Waals surface area (Å²) in [5, 5.41) is 6.90. The fraction of sp³-hybridized carbons (Fsp3) is 0.0702. The van der Waals surface area contributed by atoms with Crippen molar-refractivity contribution in [2.75, 3.05) is 13.2 Å². The average molecular weight is 886 g/mol. The van der Waals surface area contributed by atoms with E-state index in [9.17, 15) is 8.78 Å². The molecule has 0 bridgehead atoms. The average Bonchev–Trinajstić information content (AvgIpc) is 3.88. The van der Waals surface area contributed by atoms with Crippen molar-refractivity contribution in [1.82, 2.24) is 14.1 Å². The van der Waals surface area contributed by atoms with Crippen LogP contribution in [0, 0.1) is 11.6 Å². The minimum absolute atomic E-state index is 0.208. The van der Waals surface area contributed by atoms with Crippen LogP contribution in [0.2, 0.25) is 0 Å². The Kier molecular flexibility index (Phi) is 10.7. The quantitative estimate of drug-likeness (QED) is 0.0855. The fourth-order valence-corrected chi connectivity index (χ4v) is 11.8. The highest BCUT2D eigenvalue weighted by Crippen LogP contribution is 2.44. The van der Waals surface area contributed by atoms with Crippen molar-refractivity contribution in [3.05, 3.63) is 218 Å². The molecule has 0 aliphatic carbocycles. The first-order valence-electron chi connectivity index (χ1n) is 22.0. The Labute approximate surface area is 380 Å². The van der Waals surface area contributed by atoms with Crippen LogP contribution in [0.5, 0.6) is 11.5 Å². The number of rotatable bonds is 13. The van der Waals surface area contributed by atoms with E-state index in [2.05, 4.69) is 135 Å². The zero-order chi connectivity index (χ0) is 44.6. The Morgan fingerprint density at radius 2 is 0.879 bits per heavy atom. The Balaban J connectivity index is 0.857. The van der Waals surface area contributed by atoms with E-state index in [0.717, 1.165) is 56.5 Å². The van der Waals surface area contributed by atoms with E-state index in [1.165, 1.54) is 33.7 Å². The lowest BCUT2D eigenvalue weighted by Crippen LogP contribution is -2.25. The van der Waals surface area contributed by atoms with Crippen LogP contribution in [0.4, 0.5) is 8.78 Å². The molecule has 0 fully saturated rings. The van der Waals surface area contributed by atoms with Crippen LogP contribution in [0.15, 0.2) is 206 Å². The van der Waals surface area contributed by atoms with E-state index >= 15 is 4.57 Å². The zero-order valence-corrected chi connectivity index (χ0v) is 36.6. The van der Waals surface area contributed by atoms with Crippen molar-refractivity contribution in [1.29, 1.82) is 0 Å². The van der Waals surface area contributed by atoms with Crippen molar-refractivity contribution < 1.29 is 22.8 Å². The molecule has 0 saturated heterocycles. The molecule has 6 nitrogen and oxygen atoms in total. The van der Waals surface area contributed by atoms with Crippen LogP contribution in [0.25, 0.3) is 66.2 Å². The van der Waals surface area contributed by atoms with Gasteiger partial charge in [0.2, 0.25) is 0 Å². The Morgan fingerprint density at radius 3 is 1.33 bits per heavy atom. The molecule has 0 aliphatic rings. The number of benzene rings is 8. The van der Waals surface area contributed by atoms with Gasteiger partial charge < -0.3 is 23.2 Å². The number of nitrogens with zero attached hydrogens (tertiary/aromatic N) is 3. The Bertz CT molecular complexity index is 3330. The van der Waals surface area contributed by atoms with Gasteiger partial charge in [0.1, 0.15) is 23.1 Å². The number of hydrogen-bond acceptors (Lipinski definition) is 4. The summed E-state index contributed by atoms with van der Waals surface area (Å²) in [6, 6.07) is 64.5. The third-order valence-electron chi connectivity index (χ3n) is 12.3. The highest BCUT2D eigenvalue weighted by Gasteiger charge is 2.30. The molecule has 322 valence electrons. The van der Waals surface area contributed by atoms with Gasteiger partial charge in [-0.15, -0.1) is 0 Å². The molecule has 0 aliphatic heterocycles. The van der Waals surface area contributed by atoms with Gasteiger partial charge >= 0.3 is 0 Å². The summed E-state index contributed by atoms with van der Waals surface area (Å²) in [6.07, 6.45) is 2.98. The lowest BCUT2D eigenvalue weighted by Gasteiger charge is -2.21. The molecule has 0 atom stereocenters. The second kappa shape index (κ2) is 17.3. The van der Waals surface area contributed by atoms with E-state index in [4.69, 9.17) is 9.47 Å². The number of fused-ring (bicyclic) bond motifs is 6. The first kappa shape index (κ1) is 40.9. The Morgan fingerprint density at radius 1 is 0.455 bits per heavy atom. The normalized spacial score (nSPS) is 11.8. The summed E-state index contributed by atoms with van der Waals surface area (Å²) in [5.41, 5.74) is 7.01. The second-order valence-electron chi connectivity index (χ2n) is 16.3. The molecule has 3 aromatic heterocycles. The van der Waals surface area contributed by atoms with Gasteiger partial charge in [0, 0.05) is 72.7 Å². The van der Waals surface area contributed by atoms with E-state index in [1.807, 2.05) is 48.5 Å². The molecule has 9 heteroatoms. The number of para-hydroxylation sites is 4. The predicted molar refractivity (Wildman–Crippen MR) is 264 cm³/mol. The van der Waals surface area contributed by atoms with Crippen molar-refractivity contribution in [2.24, 2.45) is 0 Å². The van der Waals surface area contributed by atoms with Crippen LogP contribution < -0.4 is 25.4 Å². The van der Waals surface area contributed by atoms with Gasteiger partial charge in [-0.05, 0) is 128 Å². The molecule has 11 aromatic rings. The van der Waals surface area contributed by atoms with Gasteiger partial charge in [0.15, 0.2) is 7.14 Å². The number of halogens is 2. The molecule has 0 unspecified atom stereocenters. The number of pyridine rings is 1. The highest BCUT2D eigenvalue weighted by atomic mass is 31.2. The summed E-state index contributed by atoms with van der Waals surface area (Å²) in [6.45, 7) is 0.878. The summed E-state index contributed by atoms with van der Waals surface area (Å²) < 4.78 is 60.5. The van der Waals surface area contributed by atoms with Gasteiger partial charge in [0.25, 0.3) is 0 Å². The van der Waals surface area contributed by atoms with Crippen LogP contribution >= 0.6 is 7.14 Å². The molecule has 66 heavy (non-hydrogen) atoms. The molecule has 11 rings (SSSR count). The largest absolute Gasteiger partial charge is 0.494 e. The highest BCUT2D eigenvalue weighted by molar-refractivity contribution is 7.85. The van der Waals surface area contributed by atoms with Crippen LogP contribution in [-0.4, -0.2) is 27.3 Å². The topological polar surface area (TPSA) is 58.3 Å². The lowest BCUT2D eigenvalue weighted by molar-refractivity contribution is 0.266. The van der Waals surface area contributed by atoms with Crippen LogP contribution in [0.3, 0.4) is 0 Å². The van der Waals surface area contributed by atoms with Crippen molar-refractivity contribution in [2.45, 2.75) is 12.8 Å². The van der Waals surface area contributed by atoms with Crippen molar-refractivity contribution in [3.8, 4) is 34.1 Å². The molecule has 0 amide bonds. The van der Waals surface area contributed by atoms with Crippen molar-refractivity contribution >= 4 is 66.7 Å². The molecule has 0 spiro atoms. The SMILES string of the molecule is O=P(c1ccc(OCCCCOc2ccnc(-c3ccc(F)cc3F)c2)cc1)(c1ccc(-n2c3ccccc3c3ccccc32)cc1)c1ccc(-n2c3ccccc3c3ccccc32)cc1. The maximum Gasteiger partial charge on any atom is 0.171 e. The summed E-state index contributed by atoms with van der Waals surface area (Å²) in [4.78, 5) is 4.23. The standard InChI is InChI=1S/C57H42F2N3O3P/c58-39-19-32-51(52(59)37-39)53-38-43(33-34-60-53)65-36-10-9-35-64-42-24-30-46(31-25-42)66(63,44-26-20-40(21-27-44)61-54-15-5-1-11-47(54)48-12-2-6-16-55(48)61)45-28-22-41(23-29-45)62-56-17-7-3-13-49(56)50-14-4-8-18-57(50)62/h1-8,11-34,37-38H,9-10,35-36H2. The lowest BCUT2D eigenvalue weighted by atomic mass is 10.1. The molecular formula is C57H42F2N3O3P. The van der Waals surface area contributed by atoms with Gasteiger partial charge in [-0.2, -0.15) is 0 Å². The maximum absolute atomic E-state index is 16.0. The van der Waals surface area contributed by atoms with Crippen molar-refractivity contribution in [3.63, 3.8) is 0 Å². The van der Waals surface area contributed by atoms with E-state index < -0.39 is 18.8 Å². The first-order chi connectivity index (χ1) is 32.4. The maximum atomic E-state index is 16.0. The third kappa shape index (κ3) is 7.39. The summed E-state index contributed by atoms with van der Waals surface area (Å²) >= 11 is 0. The smallest absolute Gasteiger partial charge is 0.171 e. The fourth-order valence-electron chi connectivity index (χ4n) is 9.15. The van der Waals surface area contributed by atoms with Gasteiger partial charge in [-0.1, -0.05) is 72.8 Å². The molecule has 0 radical (unpaired) electrons. The molecule has 3 heterocycles. The van der Waals surface area contributed by atoms with Crippen LogP contribution in [-0.2, 0) is 4.57 Å². The van der Waals surface area contributed by atoms with E-state index in [0.29, 0.717) is 42.1 Å². The number of hydrogen-bond donors (Lipinski definition) is 0. The molecule has 8 aromatic carbocycles. The van der Waals surface area contributed by atoms with Crippen LogP contribution in [0.1, 0.15) is 12.8 Å². The van der Waals surface area contributed by atoms with Gasteiger partial charge in [-0.3, -0.25) is 4.98 Å². The third-order valence-corrected chi connectivity index (χ3v) is 15.4. The Hall–Kier alpha value is -7.80. The molecule has 0 saturated carbocycles. The summed E-state index contributed by atoms with van der Waals surface area (Å²) in [7, 11) is -3.41. The predicted octanol–water partition coefficient (Wildman–Crippen LogP) is 13.1. The van der Waals surface area contributed by atoms with E-state index in [-0.39, 0.29) is 5.56 Å². The first-order valence-corrected chi connectivity index (χ1v) is 23.7. The second-order valence-corrected chi connectivity index (χ2v) is 19.0. The monoisotopic (exact) mass is 885 g/mol. The number of aromatic nitrogens is 3.